The number of rotatable bonds is 3. The molecule has 0 aromatic heterocycles. The van der Waals surface area contributed by atoms with Crippen LogP contribution < -0.4 is 5.32 Å². The van der Waals surface area contributed by atoms with Crippen molar-refractivity contribution in [3.8, 4) is 0 Å². The van der Waals surface area contributed by atoms with Crippen molar-refractivity contribution in [1.82, 2.24) is 5.32 Å². The molecule has 0 aliphatic carbocycles. The van der Waals surface area contributed by atoms with Crippen molar-refractivity contribution in [1.29, 1.82) is 0 Å². The van der Waals surface area contributed by atoms with Crippen molar-refractivity contribution in [2.75, 3.05) is 5.75 Å². The molecule has 4 nitrogen and oxygen atoms in total. The summed E-state index contributed by atoms with van der Waals surface area (Å²) < 4.78 is 0. The predicted molar refractivity (Wildman–Crippen MR) is 76.0 cm³/mol. The average molecular weight is 320 g/mol. The van der Waals surface area contributed by atoms with E-state index in [1.165, 1.54) is 11.8 Å². The Labute approximate surface area is 124 Å². The van der Waals surface area contributed by atoms with E-state index in [0.717, 1.165) is 5.56 Å². The first-order valence-corrected chi connectivity index (χ1v) is 7.36. The first-order chi connectivity index (χ1) is 8.95. The molecule has 0 bridgehead atoms. The fourth-order valence-electron chi connectivity index (χ4n) is 1.82. The summed E-state index contributed by atoms with van der Waals surface area (Å²) in [4.78, 5) is 22.6. The lowest BCUT2D eigenvalue weighted by Crippen LogP contribution is -2.51. The van der Waals surface area contributed by atoms with Crippen LogP contribution in [0.25, 0.3) is 0 Å². The van der Waals surface area contributed by atoms with Gasteiger partial charge in [0.15, 0.2) is 0 Å². The van der Waals surface area contributed by atoms with E-state index in [4.69, 9.17) is 28.3 Å². The number of benzene rings is 1. The van der Waals surface area contributed by atoms with Crippen molar-refractivity contribution >= 4 is 46.8 Å². The first kappa shape index (κ1) is 14.5. The van der Waals surface area contributed by atoms with Gasteiger partial charge >= 0.3 is 5.97 Å². The Morgan fingerprint density at radius 2 is 2.00 bits per heavy atom. The molecule has 1 aromatic rings. The molecule has 19 heavy (non-hydrogen) atoms. The van der Waals surface area contributed by atoms with Crippen molar-refractivity contribution in [3.63, 3.8) is 0 Å². The molecule has 1 fully saturated rings. The molecule has 0 spiro atoms. The second-order valence-electron chi connectivity index (χ2n) is 4.20. The predicted octanol–water partition coefficient (Wildman–Crippen LogP) is 2.22. The number of carboxylic acid groups (broad SMARTS) is 1. The minimum Gasteiger partial charge on any atom is -0.480 e. The van der Waals surface area contributed by atoms with E-state index >= 15 is 0 Å². The average Bonchev–Trinajstić information content (AvgIpc) is 2.30. The molecule has 7 heteroatoms. The summed E-state index contributed by atoms with van der Waals surface area (Å²) in [6.45, 7) is 0. The zero-order valence-corrected chi connectivity index (χ0v) is 12.1. The van der Waals surface area contributed by atoms with Crippen molar-refractivity contribution in [2.45, 2.75) is 17.7 Å². The molecular weight excluding hydrogens is 309 g/mol. The maximum atomic E-state index is 11.8. The number of nitrogens with one attached hydrogen (secondary N) is 1. The number of thioether (sulfide) groups is 1. The maximum Gasteiger partial charge on any atom is 0.327 e. The lowest BCUT2D eigenvalue weighted by Gasteiger charge is -2.26. The largest absolute Gasteiger partial charge is 0.480 e. The normalized spacial score (nSPS) is 22.9. The van der Waals surface area contributed by atoms with Crippen LogP contribution in [0.15, 0.2) is 18.2 Å². The molecule has 1 heterocycles. The first-order valence-electron chi connectivity index (χ1n) is 5.55. The Hall–Kier alpha value is -0.910. The molecule has 2 N–H and O–H groups in total. The Bertz CT molecular complexity index is 503. The zero-order chi connectivity index (χ0) is 14.0. The van der Waals surface area contributed by atoms with Crippen LogP contribution in [0.1, 0.15) is 5.56 Å². The second kappa shape index (κ2) is 6.03. The lowest BCUT2D eigenvalue weighted by atomic mass is 10.1. The third kappa shape index (κ3) is 3.78. The van der Waals surface area contributed by atoms with Crippen molar-refractivity contribution < 1.29 is 14.7 Å². The highest BCUT2D eigenvalue weighted by atomic mass is 35.5. The van der Waals surface area contributed by atoms with Crippen molar-refractivity contribution in [2.24, 2.45) is 0 Å². The Morgan fingerprint density at radius 1 is 1.37 bits per heavy atom. The molecule has 1 aliphatic heterocycles. The molecule has 1 amide bonds. The molecule has 1 aromatic carbocycles. The van der Waals surface area contributed by atoms with Crippen LogP contribution in [0.2, 0.25) is 10.0 Å². The Kier molecular flexibility index (Phi) is 4.60. The highest BCUT2D eigenvalue weighted by molar-refractivity contribution is 8.00. The smallest absolute Gasteiger partial charge is 0.327 e. The summed E-state index contributed by atoms with van der Waals surface area (Å²) in [6, 6.07) is 4.33. The van der Waals surface area contributed by atoms with Crippen LogP contribution in [-0.2, 0) is 16.0 Å². The zero-order valence-electron chi connectivity index (χ0n) is 9.73. The van der Waals surface area contributed by atoms with Gasteiger partial charge in [-0.15, -0.1) is 11.8 Å². The van der Waals surface area contributed by atoms with E-state index in [2.05, 4.69) is 5.32 Å². The Balaban J connectivity index is 2.04. The van der Waals surface area contributed by atoms with E-state index in [1.54, 1.807) is 18.2 Å². The molecule has 0 unspecified atom stereocenters. The number of hydrogen-bond donors (Lipinski definition) is 2. The summed E-state index contributed by atoms with van der Waals surface area (Å²) >= 11 is 13.1. The summed E-state index contributed by atoms with van der Waals surface area (Å²) in [5.74, 6) is -0.912. The topological polar surface area (TPSA) is 66.4 Å². The number of hydrogen-bond acceptors (Lipinski definition) is 3. The van der Waals surface area contributed by atoms with Crippen LogP contribution in [0.4, 0.5) is 0 Å². The minimum atomic E-state index is -1.01. The molecular formula is C12H11Cl2NO3S. The fraction of sp³-hybridized carbons (Fsp3) is 0.333. The van der Waals surface area contributed by atoms with Crippen LogP contribution in [-0.4, -0.2) is 34.0 Å². The van der Waals surface area contributed by atoms with Gasteiger partial charge in [0.1, 0.15) is 6.04 Å². The minimum absolute atomic E-state index is 0.264. The van der Waals surface area contributed by atoms with Crippen LogP contribution >= 0.6 is 35.0 Å². The van der Waals surface area contributed by atoms with Gasteiger partial charge in [0, 0.05) is 15.8 Å². The van der Waals surface area contributed by atoms with Gasteiger partial charge in [-0.1, -0.05) is 23.2 Å². The van der Waals surface area contributed by atoms with E-state index in [-0.39, 0.29) is 11.2 Å². The summed E-state index contributed by atoms with van der Waals surface area (Å²) in [5.41, 5.74) is 0.860. The fourth-order valence-corrected chi connectivity index (χ4v) is 3.57. The molecule has 0 saturated carbocycles. The number of carbonyl (C=O) groups is 2. The van der Waals surface area contributed by atoms with Crippen LogP contribution in [0.5, 0.6) is 0 Å². The van der Waals surface area contributed by atoms with Crippen LogP contribution in [0.3, 0.4) is 0 Å². The number of halogens is 2. The van der Waals surface area contributed by atoms with E-state index in [0.29, 0.717) is 22.2 Å². The summed E-state index contributed by atoms with van der Waals surface area (Å²) in [6.07, 6.45) is 0.475. The standard InChI is InChI=1S/C12H11Cl2NO3S/c13-7-1-6(2-8(14)4-7)3-10-11(16)15-9(5-19-10)12(17)18/h1-2,4,9-10H,3,5H2,(H,15,16)(H,17,18)/t9-,10+/m0/s1. The molecule has 102 valence electrons. The monoisotopic (exact) mass is 319 g/mol. The third-order valence-corrected chi connectivity index (χ3v) is 4.46. The van der Waals surface area contributed by atoms with Gasteiger partial charge in [-0.2, -0.15) is 0 Å². The molecule has 2 atom stereocenters. The molecule has 2 rings (SSSR count). The van der Waals surface area contributed by atoms with Crippen LogP contribution in [0, 0.1) is 0 Å². The van der Waals surface area contributed by atoms with E-state index in [1.807, 2.05) is 0 Å². The maximum absolute atomic E-state index is 11.8. The second-order valence-corrected chi connectivity index (χ2v) is 6.31. The van der Waals surface area contributed by atoms with Gasteiger partial charge in [-0.05, 0) is 30.2 Å². The summed E-state index contributed by atoms with van der Waals surface area (Å²) in [7, 11) is 0. The number of amides is 1. The van der Waals surface area contributed by atoms with Crippen molar-refractivity contribution in [3.05, 3.63) is 33.8 Å². The van der Waals surface area contributed by atoms with E-state index < -0.39 is 12.0 Å². The highest BCUT2D eigenvalue weighted by Crippen LogP contribution is 2.25. The molecule has 1 saturated heterocycles. The SMILES string of the molecule is O=C(O)[C@@H]1CS[C@H](Cc2cc(Cl)cc(Cl)c2)C(=O)N1. The molecule has 1 aliphatic rings. The van der Waals surface area contributed by atoms with Gasteiger partial charge in [0.05, 0.1) is 5.25 Å². The number of carbonyl (C=O) groups excluding carboxylic acids is 1. The van der Waals surface area contributed by atoms with Gasteiger partial charge in [0.25, 0.3) is 0 Å². The summed E-state index contributed by atoms with van der Waals surface area (Å²) in [5, 5.41) is 12.1. The van der Waals surface area contributed by atoms with Gasteiger partial charge in [0.2, 0.25) is 5.91 Å². The molecule has 0 radical (unpaired) electrons. The van der Waals surface area contributed by atoms with Gasteiger partial charge in [-0.3, -0.25) is 4.79 Å². The number of carboxylic acids is 1. The third-order valence-electron chi connectivity index (χ3n) is 2.71. The quantitative estimate of drug-likeness (QED) is 0.896. The van der Waals surface area contributed by atoms with Gasteiger partial charge in [-0.25, -0.2) is 4.79 Å². The van der Waals surface area contributed by atoms with Gasteiger partial charge < -0.3 is 10.4 Å². The lowest BCUT2D eigenvalue weighted by molar-refractivity contribution is -0.141. The highest BCUT2D eigenvalue weighted by Gasteiger charge is 2.32. The van der Waals surface area contributed by atoms with E-state index in [9.17, 15) is 9.59 Å². The Morgan fingerprint density at radius 3 is 2.53 bits per heavy atom. The number of aliphatic carboxylic acids is 1.